The molecule has 0 unspecified atom stereocenters. The molecule has 24 heavy (non-hydrogen) atoms. The highest BCUT2D eigenvalue weighted by Crippen LogP contribution is 2.24. The molecular formula is C21H22N2O. The molecule has 0 aliphatic heterocycles. The fraction of sp³-hybridized carbons (Fsp3) is 0.190. The third kappa shape index (κ3) is 3.63. The number of nitrogens with zero attached hydrogens (tertiary/aromatic N) is 1. The molecule has 3 rings (SSSR count). The van der Waals surface area contributed by atoms with Gasteiger partial charge in [-0.05, 0) is 55.1 Å². The summed E-state index contributed by atoms with van der Waals surface area (Å²) in [4.78, 5) is 14.9. The van der Waals surface area contributed by atoms with E-state index >= 15 is 0 Å². The number of hydrogen-bond acceptors (Lipinski definition) is 2. The molecule has 0 spiro atoms. The maximum absolute atomic E-state index is 13.0. The highest BCUT2D eigenvalue weighted by atomic mass is 16.2. The molecule has 3 nitrogen and oxygen atoms in total. The van der Waals surface area contributed by atoms with Crippen LogP contribution < -0.4 is 10.2 Å². The third-order valence-electron chi connectivity index (χ3n) is 4.12. The van der Waals surface area contributed by atoms with Crippen LogP contribution in [0, 0.1) is 0 Å². The van der Waals surface area contributed by atoms with Crippen molar-refractivity contribution >= 4 is 22.4 Å². The van der Waals surface area contributed by atoms with Gasteiger partial charge in [0.15, 0.2) is 0 Å². The van der Waals surface area contributed by atoms with Gasteiger partial charge in [-0.3, -0.25) is 4.79 Å². The smallest absolute Gasteiger partial charge is 0.258 e. The number of rotatable bonds is 6. The summed E-state index contributed by atoms with van der Waals surface area (Å²) in [5.41, 5.74) is 1.66. The Kier molecular flexibility index (Phi) is 5.24. The number of carbonyl (C=O) groups is 1. The Labute approximate surface area is 142 Å². The Balaban J connectivity index is 1.94. The topological polar surface area (TPSA) is 32.3 Å². The Bertz CT molecular complexity index is 814. The van der Waals surface area contributed by atoms with E-state index in [0.29, 0.717) is 6.54 Å². The Morgan fingerprint density at radius 3 is 2.38 bits per heavy atom. The van der Waals surface area contributed by atoms with Gasteiger partial charge in [-0.25, -0.2) is 0 Å². The van der Waals surface area contributed by atoms with Crippen LogP contribution in [0.3, 0.4) is 0 Å². The van der Waals surface area contributed by atoms with Crippen molar-refractivity contribution in [3.05, 3.63) is 78.4 Å². The first kappa shape index (κ1) is 16.2. The molecule has 0 radical (unpaired) electrons. The average Bonchev–Trinajstić information content (AvgIpc) is 2.65. The van der Waals surface area contributed by atoms with Gasteiger partial charge in [0.25, 0.3) is 5.91 Å². The van der Waals surface area contributed by atoms with E-state index in [1.807, 2.05) is 60.5 Å². The largest absolute Gasteiger partial charge is 0.320 e. The van der Waals surface area contributed by atoms with Crippen molar-refractivity contribution in [3.8, 4) is 0 Å². The van der Waals surface area contributed by atoms with Crippen molar-refractivity contribution in [3.63, 3.8) is 0 Å². The quantitative estimate of drug-likeness (QED) is 0.694. The second kappa shape index (κ2) is 7.75. The summed E-state index contributed by atoms with van der Waals surface area (Å²) in [6.45, 7) is 1.57. The summed E-state index contributed by atoms with van der Waals surface area (Å²) in [5, 5.41) is 5.48. The number of amides is 1. The number of benzene rings is 3. The van der Waals surface area contributed by atoms with Gasteiger partial charge in [0.2, 0.25) is 0 Å². The minimum Gasteiger partial charge on any atom is -0.320 e. The fourth-order valence-electron chi connectivity index (χ4n) is 2.84. The van der Waals surface area contributed by atoms with E-state index in [0.717, 1.165) is 29.6 Å². The summed E-state index contributed by atoms with van der Waals surface area (Å²) in [7, 11) is 1.93. The average molecular weight is 318 g/mol. The van der Waals surface area contributed by atoms with Crippen molar-refractivity contribution < 1.29 is 4.79 Å². The summed E-state index contributed by atoms with van der Waals surface area (Å²) in [6, 6.07) is 23.9. The number of anilines is 1. The van der Waals surface area contributed by atoms with Crippen LogP contribution in [0.4, 0.5) is 5.69 Å². The van der Waals surface area contributed by atoms with Crippen LogP contribution in [0.25, 0.3) is 10.8 Å². The molecule has 0 aliphatic carbocycles. The van der Waals surface area contributed by atoms with Crippen LogP contribution in [0.5, 0.6) is 0 Å². The second-order valence-corrected chi connectivity index (χ2v) is 5.81. The molecule has 0 heterocycles. The lowest BCUT2D eigenvalue weighted by Gasteiger charge is -2.23. The minimum atomic E-state index is 0.0435. The van der Waals surface area contributed by atoms with Crippen molar-refractivity contribution in [2.24, 2.45) is 0 Å². The summed E-state index contributed by atoms with van der Waals surface area (Å²) in [5.74, 6) is 0.0435. The van der Waals surface area contributed by atoms with Gasteiger partial charge >= 0.3 is 0 Å². The number of carbonyl (C=O) groups excluding carboxylic acids is 1. The first-order valence-electron chi connectivity index (χ1n) is 8.30. The maximum atomic E-state index is 13.0. The molecule has 0 fully saturated rings. The van der Waals surface area contributed by atoms with Crippen LogP contribution in [-0.4, -0.2) is 26.0 Å². The molecule has 0 aromatic heterocycles. The Morgan fingerprint density at radius 2 is 1.62 bits per heavy atom. The zero-order valence-electron chi connectivity index (χ0n) is 13.9. The zero-order valence-corrected chi connectivity index (χ0v) is 13.9. The van der Waals surface area contributed by atoms with Gasteiger partial charge in [0.05, 0.1) is 0 Å². The summed E-state index contributed by atoms with van der Waals surface area (Å²) >= 11 is 0. The van der Waals surface area contributed by atoms with E-state index in [4.69, 9.17) is 0 Å². The first-order chi connectivity index (χ1) is 11.8. The minimum absolute atomic E-state index is 0.0435. The molecule has 122 valence electrons. The van der Waals surface area contributed by atoms with E-state index in [1.165, 1.54) is 5.39 Å². The van der Waals surface area contributed by atoms with E-state index in [-0.39, 0.29) is 5.91 Å². The maximum Gasteiger partial charge on any atom is 0.258 e. The first-order valence-corrected chi connectivity index (χ1v) is 8.30. The van der Waals surface area contributed by atoms with Gasteiger partial charge in [-0.1, -0.05) is 48.5 Å². The van der Waals surface area contributed by atoms with Gasteiger partial charge in [0.1, 0.15) is 0 Å². The number of nitrogens with one attached hydrogen (secondary N) is 1. The van der Waals surface area contributed by atoms with Gasteiger partial charge < -0.3 is 10.2 Å². The lowest BCUT2D eigenvalue weighted by atomic mass is 10.1. The predicted molar refractivity (Wildman–Crippen MR) is 101 cm³/mol. The van der Waals surface area contributed by atoms with E-state index < -0.39 is 0 Å². The van der Waals surface area contributed by atoms with Crippen molar-refractivity contribution in [1.82, 2.24) is 5.32 Å². The molecular weight excluding hydrogens is 296 g/mol. The molecule has 3 heteroatoms. The van der Waals surface area contributed by atoms with Crippen LogP contribution in [0.1, 0.15) is 16.8 Å². The zero-order chi connectivity index (χ0) is 16.8. The standard InChI is InChI=1S/C21H22N2O/c1-22-14-7-15-23(21(24)18-9-3-2-4-10-18)20-13-12-17-8-5-6-11-19(17)16-20/h2-6,8-13,16,22H,7,14-15H2,1H3. The lowest BCUT2D eigenvalue weighted by molar-refractivity contribution is 0.0986. The van der Waals surface area contributed by atoms with Gasteiger partial charge in [0, 0.05) is 17.8 Å². The summed E-state index contributed by atoms with van der Waals surface area (Å²) in [6.07, 6.45) is 0.905. The predicted octanol–water partition coefficient (Wildman–Crippen LogP) is 4.10. The van der Waals surface area contributed by atoms with Crippen molar-refractivity contribution in [2.45, 2.75) is 6.42 Å². The molecule has 0 atom stereocenters. The van der Waals surface area contributed by atoms with E-state index in [9.17, 15) is 4.79 Å². The molecule has 0 aliphatic rings. The highest BCUT2D eigenvalue weighted by molar-refractivity contribution is 6.07. The van der Waals surface area contributed by atoms with Crippen LogP contribution in [0.2, 0.25) is 0 Å². The number of hydrogen-bond donors (Lipinski definition) is 1. The summed E-state index contributed by atoms with van der Waals surface area (Å²) < 4.78 is 0. The molecule has 0 bridgehead atoms. The fourth-order valence-corrected chi connectivity index (χ4v) is 2.84. The van der Waals surface area contributed by atoms with Crippen LogP contribution in [0.15, 0.2) is 72.8 Å². The van der Waals surface area contributed by atoms with Crippen LogP contribution in [-0.2, 0) is 0 Å². The second-order valence-electron chi connectivity index (χ2n) is 5.81. The third-order valence-corrected chi connectivity index (χ3v) is 4.12. The number of fused-ring (bicyclic) bond motifs is 1. The van der Waals surface area contributed by atoms with Gasteiger partial charge in [-0.2, -0.15) is 0 Å². The molecule has 3 aromatic rings. The Morgan fingerprint density at radius 1 is 0.917 bits per heavy atom. The van der Waals surface area contributed by atoms with Crippen molar-refractivity contribution in [2.75, 3.05) is 25.0 Å². The SMILES string of the molecule is CNCCCN(C(=O)c1ccccc1)c1ccc2ccccc2c1. The lowest BCUT2D eigenvalue weighted by Crippen LogP contribution is -2.33. The van der Waals surface area contributed by atoms with E-state index in [2.05, 4.69) is 29.6 Å². The molecule has 1 amide bonds. The highest BCUT2D eigenvalue weighted by Gasteiger charge is 2.17. The molecule has 0 saturated carbocycles. The normalized spacial score (nSPS) is 10.7. The van der Waals surface area contributed by atoms with Crippen molar-refractivity contribution in [1.29, 1.82) is 0 Å². The van der Waals surface area contributed by atoms with E-state index in [1.54, 1.807) is 0 Å². The van der Waals surface area contributed by atoms with Crippen LogP contribution >= 0.6 is 0 Å². The molecule has 3 aromatic carbocycles. The molecule has 1 N–H and O–H groups in total. The Hall–Kier alpha value is -2.65. The molecule has 0 saturated heterocycles. The monoisotopic (exact) mass is 318 g/mol. The van der Waals surface area contributed by atoms with Gasteiger partial charge in [-0.15, -0.1) is 0 Å².